The average Bonchev–Trinajstić information content (AvgIpc) is 2.83. The highest BCUT2D eigenvalue weighted by atomic mass is 79.9. The number of nitro benzene ring substituents is 1. The van der Waals surface area contributed by atoms with Crippen LogP contribution in [0.2, 0.25) is 0 Å². The van der Waals surface area contributed by atoms with E-state index < -0.39 is 28.6 Å². The molecule has 0 unspecified atom stereocenters. The smallest absolute Gasteiger partial charge is 0.326 e. The highest BCUT2D eigenvalue weighted by Gasteiger charge is 2.37. The zero-order valence-electron chi connectivity index (χ0n) is 13.9. The molecule has 26 heavy (non-hydrogen) atoms. The average molecular weight is 443 g/mol. The third-order valence-corrected chi connectivity index (χ3v) is 5.11. The van der Waals surface area contributed by atoms with Crippen LogP contribution >= 0.6 is 27.7 Å². The maximum absolute atomic E-state index is 12.4. The minimum Gasteiger partial charge on any atom is -0.461 e. The first kappa shape index (κ1) is 20.1. The molecular weight excluding hydrogens is 428 g/mol. The monoisotopic (exact) mass is 442 g/mol. The lowest BCUT2D eigenvalue weighted by atomic mass is 10.2. The maximum Gasteiger partial charge on any atom is 0.326 e. The number of benzene rings is 1. The zero-order valence-corrected chi connectivity index (χ0v) is 16.3. The van der Waals surface area contributed by atoms with Crippen LogP contribution in [-0.2, 0) is 14.3 Å². The van der Waals surface area contributed by atoms with Gasteiger partial charge in [0.05, 0.1) is 20.4 Å². The van der Waals surface area contributed by atoms with Crippen molar-refractivity contribution in [3.8, 4) is 0 Å². The fourth-order valence-electron chi connectivity index (χ4n) is 2.02. The molecule has 1 aromatic carbocycles. The Morgan fingerprint density at radius 3 is 2.77 bits per heavy atom. The number of carbonyl (C=O) groups excluding carboxylic acids is 3. The van der Waals surface area contributed by atoms with Gasteiger partial charge in [0.2, 0.25) is 0 Å². The largest absolute Gasteiger partial charge is 0.461 e. The topological polar surface area (TPSA) is 107 Å². The van der Waals surface area contributed by atoms with Crippen molar-refractivity contribution in [3.05, 3.63) is 43.3 Å². The molecule has 1 fully saturated rings. The first-order chi connectivity index (χ1) is 12.2. The summed E-state index contributed by atoms with van der Waals surface area (Å²) in [5, 5.41) is 10.4. The molecule has 0 aliphatic carbocycles. The molecule has 0 N–H and O–H groups in total. The van der Waals surface area contributed by atoms with Gasteiger partial charge in [0.1, 0.15) is 6.54 Å². The molecule has 1 saturated heterocycles. The third kappa shape index (κ3) is 4.70. The lowest BCUT2D eigenvalue weighted by molar-refractivity contribution is -0.385. The number of hydrogen-bond acceptors (Lipinski definition) is 7. The summed E-state index contributed by atoms with van der Waals surface area (Å²) in [5.41, 5.74) is 0.239. The van der Waals surface area contributed by atoms with Gasteiger partial charge < -0.3 is 4.74 Å². The predicted octanol–water partition coefficient (Wildman–Crippen LogP) is 3.74. The van der Waals surface area contributed by atoms with Crippen LogP contribution in [0.4, 0.5) is 10.5 Å². The molecule has 1 heterocycles. The molecule has 2 rings (SSSR count). The van der Waals surface area contributed by atoms with Crippen LogP contribution in [0.15, 0.2) is 27.6 Å². The van der Waals surface area contributed by atoms with Gasteiger partial charge in [-0.2, -0.15) is 0 Å². The molecule has 1 aliphatic rings. The van der Waals surface area contributed by atoms with Gasteiger partial charge in [-0.3, -0.25) is 29.4 Å². The highest BCUT2D eigenvalue weighted by Crippen LogP contribution is 2.33. The fraction of sp³-hybridized carbons (Fsp3) is 0.312. The predicted molar refractivity (Wildman–Crippen MR) is 99.3 cm³/mol. The van der Waals surface area contributed by atoms with E-state index in [-0.39, 0.29) is 16.7 Å². The number of halogens is 1. The summed E-state index contributed by atoms with van der Waals surface area (Å²) in [4.78, 5) is 47.5. The van der Waals surface area contributed by atoms with Crippen molar-refractivity contribution in [2.24, 2.45) is 0 Å². The summed E-state index contributed by atoms with van der Waals surface area (Å²) >= 11 is 3.75. The lowest BCUT2D eigenvalue weighted by Gasteiger charge is -2.14. The molecule has 8 nitrogen and oxygen atoms in total. The zero-order chi connectivity index (χ0) is 19.4. The number of thioether (sulfide) groups is 1. The van der Waals surface area contributed by atoms with Gasteiger partial charge in [-0.15, -0.1) is 0 Å². The van der Waals surface area contributed by atoms with Crippen molar-refractivity contribution in [3.63, 3.8) is 0 Å². The SMILES string of the molecule is CC[C@H](C)OC(=O)CN1C(=O)S/C(=C\c2ccc(Br)c([N+](=O)[O-])c2)C1=O. The Bertz CT molecular complexity index is 810. The fourth-order valence-corrected chi connectivity index (χ4v) is 3.25. The Hall–Kier alpha value is -2.20. The van der Waals surface area contributed by atoms with E-state index in [4.69, 9.17) is 4.74 Å². The molecule has 2 amide bonds. The molecule has 138 valence electrons. The first-order valence-electron chi connectivity index (χ1n) is 7.61. The van der Waals surface area contributed by atoms with E-state index in [2.05, 4.69) is 15.9 Å². The van der Waals surface area contributed by atoms with E-state index in [1.165, 1.54) is 18.2 Å². The Morgan fingerprint density at radius 2 is 2.15 bits per heavy atom. The van der Waals surface area contributed by atoms with Gasteiger partial charge >= 0.3 is 5.97 Å². The van der Waals surface area contributed by atoms with Crippen molar-refractivity contribution in [2.45, 2.75) is 26.4 Å². The quantitative estimate of drug-likeness (QED) is 0.285. The summed E-state index contributed by atoms with van der Waals surface area (Å²) in [7, 11) is 0. The van der Waals surface area contributed by atoms with Crippen molar-refractivity contribution in [1.82, 2.24) is 4.90 Å². The summed E-state index contributed by atoms with van der Waals surface area (Å²) in [6.07, 6.45) is 1.70. The molecular formula is C16H15BrN2O6S. The number of hydrogen-bond donors (Lipinski definition) is 0. The molecule has 0 saturated carbocycles. The summed E-state index contributed by atoms with van der Waals surface area (Å²) in [5.74, 6) is -1.30. The minimum absolute atomic E-state index is 0.0861. The molecule has 0 radical (unpaired) electrons. The molecule has 0 spiro atoms. The van der Waals surface area contributed by atoms with Gasteiger partial charge in [0, 0.05) is 6.07 Å². The Balaban J connectivity index is 2.18. The number of imide groups is 1. The van der Waals surface area contributed by atoms with Gasteiger partial charge in [-0.1, -0.05) is 13.0 Å². The molecule has 0 aromatic heterocycles. The van der Waals surface area contributed by atoms with Crippen LogP contribution in [0.5, 0.6) is 0 Å². The Kier molecular flexibility index (Phi) is 6.54. The second-order valence-electron chi connectivity index (χ2n) is 5.44. The number of rotatable bonds is 6. The molecule has 0 bridgehead atoms. The molecule has 10 heteroatoms. The Morgan fingerprint density at radius 1 is 1.46 bits per heavy atom. The number of nitrogens with zero attached hydrogens (tertiary/aromatic N) is 2. The van der Waals surface area contributed by atoms with Crippen molar-refractivity contribution < 1.29 is 24.0 Å². The normalized spacial score (nSPS) is 16.9. The van der Waals surface area contributed by atoms with Crippen LogP contribution in [0, 0.1) is 10.1 Å². The standard InChI is InChI=1S/C16H15BrN2O6S/c1-3-9(2)25-14(20)8-18-15(21)13(26-16(18)22)7-10-4-5-11(17)12(6-10)19(23)24/h4-7,9H,3,8H2,1-2H3/b13-7-/t9-/m0/s1. The van der Waals surface area contributed by atoms with Gasteiger partial charge in [-0.05, 0) is 58.7 Å². The van der Waals surface area contributed by atoms with Crippen LogP contribution in [0.25, 0.3) is 6.08 Å². The number of amides is 2. The van der Waals surface area contributed by atoms with E-state index in [9.17, 15) is 24.5 Å². The number of carbonyl (C=O) groups is 3. The van der Waals surface area contributed by atoms with Crippen molar-refractivity contribution in [1.29, 1.82) is 0 Å². The second-order valence-corrected chi connectivity index (χ2v) is 7.29. The summed E-state index contributed by atoms with van der Waals surface area (Å²) in [6, 6.07) is 4.34. The molecule has 1 aromatic rings. The number of esters is 1. The maximum atomic E-state index is 12.4. The molecule has 1 atom stereocenters. The van der Waals surface area contributed by atoms with E-state index in [1.54, 1.807) is 13.0 Å². The Labute approximate surface area is 161 Å². The van der Waals surface area contributed by atoms with Gasteiger partial charge in [0.25, 0.3) is 16.8 Å². The van der Waals surface area contributed by atoms with Gasteiger partial charge in [-0.25, -0.2) is 0 Å². The first-order valence-corrected chi connectivity index (χ1v) is 9.22. The lowest BCUT2D eigenvalue weighted by Crippen LogP contribution is -2.35. The molecule has 1 aliphatic heterocycles. The highest BCUT2D eigenvalue weighted by molar-refractivity contribution is 9.10. The van der Waals surface area contributed by atoms with Gasteiger partial charge in [0.15, 0.2) is 0 Å². The van der Waals surface area contributed by atoms with Crippen LogP contribution < -0.4 is 0 Å². The van der Waals surface area contributed by atoms with E-state index in [1.807, 2.05) is 6.92 Å². The van der Waals surface area contributed by atoms with Crippen LogP contribution in [0.1, 0.15) is 25.8 Å². The van der Waals surface area contributed by atoms with Crippen LogP contribution in [-0.4, -0.2) is 39.6 Å². The number of ether oxygens (including phenoxy) is 1. The summed E-state index contributed by atoms with van der Waals surface area (Å²) < 4.78 is 5.38. The van der Waals surface area contributed by atoms with E-state index in [0.29, 0.717) is 28.2 Å². The van der Waals surface area contributed by atoms with E-state index >= 15 is 0 Å². The van der Waals surface area contributed by atoms with Crippen molar-refractivity contribution >= 4 is 56.6 Å². The van der Waals surface area contributed by atoms with Crippen LogP contribution in [0.3, 0.4) is 0 Å². The minimum atomic E-state index is -0.665. The third-order valence-electron chi connectivity index (χ3n) is 3.53. The summed E-state index contributed by atoms with van der Waals surface area (Å²) in [6.45, 7) is 3.09. The van der Waals surface area contributed by atoms with Crippen molar-refractivity contribution in [2.75, 3.05) is 6.54 Å². The number of nitro groups is 1. The van der Waals surface area contributed by atoms with E-state index in [0.717, 1.165) is 4.90 Å². The second kappa shape index (κ2) is 8.45.